The first-order valence-electron chi connectivity index (χ1n) is 7.35. The molecule has 0 fully saturated rings. The number of aliphatic imine (C=N–C) groups is 1. The highest BCUT2D eigenvalue weighted by Crippen LogP contribution is 2.30. The zero-order chi connectivity index (χ0) is 17.3. The van der Waals surface area contributed by atoms with Gasteiger partial charge in [-0.1, -0.05) is 41.9 Å². The van der Waals surface area contributed by atoms with Gasteiger partial charge in [-0.2, -0.15) is 0 Å². The SMILES string of the molecule is CC(=O)O[C@H]1N=C(c2ccccc2)c2cc(Cl)ccc2N(C)C1=O. The number of halogens is 1. The normalized spacial score (nSPS) is 17.0. The fourth-order valence-electron chi connectivity index (χ4n) is 2.58. The molecule has 1 heterocycles. The number of benzodiazepines with no additional fused rings is 1. The number of hydrogen-bond donors (Lipinski definition) is 0. The molecule has 24 heavy (non-hydrogen) atoms. The van der Waals surface area contributed by atoms with Crippen molar-refractivity contribution in [2.75, 3.05) is 11.9 Å². The van der Waals surface area contributed by atoms with Gasteiger partial charge in [0.2, 0.25) is 0 Å². The molecule has 0 aliphatic carbocycles. The Morgan fingerprint density at radius 1 is 1.21 bits per heavy atom. The monoisotopic (exact) mass is 342 g/mol. The van der Waals surface area contributed by atoms with Crippen LogP contribution in [0.1, 0.15) is 18.1 Å². The third-order valence-corrected chi connectivity index (χ3v) is 3.92. The molecule has 0 saturated heterocycles. The minimum absolute atomic E-state index is 0.417. The molecule has 5 nitrogen and oxygen atoms in total. The Kier molecular flexibility index (Phi) is 4.36. The van der Waals surface area contributed by atoms with Crippen LogP contribution in [0.2, 0.25) is 5.02 Å². The summed E-state index contributed by atoms with van der Waals surface area (Å²) in [6, 6.07) is 14.6. The zero-order valence-electron chi connectivity index (χ0n) is 13.2. The molecule has 0 saturated carbocycles. The second kappa shape index (κ2) is 6.45. The van der Waals surface area contributed by atoms with Gasteiger partial charge in [0.1, 0.15) is 0 Å². The Bertz CT molecular complexity index is 833. The summed E-state index contributed by atoms with van der Waals surface area (Å²) < 4.78 is 5.12. The molecule has 1 amide bonds. The van der Waals surface area contributed by atoms with Gasteiger partial charge in [-0.15, -0.1) is 0 Å². The molecule has 2 aromatic carbocycles. The highest BCUT2D eigenvalue weighted by Gasteiger charge is 2.32. The predicted octanol–water partition coefficient (Wildman–Crippen LogP) is 3.04. The van der Waals surface area contributed by atoms with Crippen molar-refractivity contribution < 1.29 is 14.3 Å². The van der Waals surface area contributed by atoms with Crippen molar-refractivity contribution in [2.45, 2.75) is 13.2 Å². The third kappa shape index (κ3) is 3.03. The van der Waals surface area contributed by atoms with Crippen molar-refractivity contribution in [2.24, 2.45) is 4.99 Å². The lowest BCUT2D eigenvalue weighted by Gasteiger charge is -2.20. The Balaban J connectivity index is 2.24. The number of benzene rings is 2. The number of likely N-dealkylation sites (N-methyl/N-ethyl adjacent to an activating group) is 1. The molecule has 0 spiro atoms. The van der Waals surface area contributed by atoms with Gasteiger partial charge < -0.3 is 9.64 Å². The highest BCUT2D eigenvalue weighted by molar-refractivity contribution is 6.32. The number of nitrogens with zero attached hydrogens (tertiary/aromatic N) is 2. The molecule has 6 heteroatoms. The fraction of sp³-hybridized carbons (Fsp3) is 0.167. The van der Waals surface area contributed by atoms with Crippen LogP contribution < -0.4 is 4.90 Å². The Hall–Kier alpha value is -2.66. The summed E-state index contributed by atoms with van der Waals surface area (Å²) in [7, 11) is 1.62. The molecule has 0 aromatic heterocycles. The average Bonchev–Trinajstić information content (AvgIpc) is 2.66. The van der Waals surface area contributed by atoms with Gasteiger partial charge in [-0.3, -0.25) is 9.59 Å². The van der Waals surface area contributed by atoms with E-state index in [1.54, 1.807) is 25.2 Å². The number of carbonyl (C=O) groups is 2. The molecule has 1 aliphatic heterocycles. The van der Waals surface area contributed by atoms with Crippen molar-refractivity contribution >= 4 is 34.9 Å². The van der Waals surface area contributed by atoms with Crippen molar-refractivity contribution in [3.63, 3.8) is 0 Å². The van der Waals surface area contributed by atoms with E-state index in [9.17, 15) is 9.59 Å². The standard InChI is InChI=1S/C18H15ClN2O3/c1-11(22)24-17-18(23)21(2)15-9-8-13(19)10-14(15)16(20-17)12-6-4-3-5-7-12/h3-10,17H,1-2H3/t17-/m1/s1. The molecule has 1 atom stereocenters. The van der Waals surface area contributed by atoms with E-state index in [2.05, 4.69) is 4.99 Å². The molecule has 1 aliphatic rings. The first-order chi connectivity index (χ1) is 11.5. The van der Waals surface area contributed by atoms with Gasteiger partial charge in [0.05, 0.1) is 11.4 Å². The van der Waals surface area contributed by atoms with Crippen LogP contribution in [0.4, 0.5) is 5.69 Å². The van der Waals surface area contributed by atoms with Crippen LogP contribution in [-0.4, -0.2) is 30.9 Å². The first-order valence-corrected chi connectivity index (χ1v) is 7.73. The summed E-state index contributed by atoms with van der Waals surface area (Å²) in [5.41, 5.74) is 2.72. The Morgan fingerprint density at radius 2 is 1.92 bits per heavy atom. The lowest BCUT2D eigenvalue weighted by atomic mass is 10.0. The van der Waals surface area contributed by atoms with Crippen LogP contribution >= 0.6 is 11.6 Å². The van der Waals surface area contributed by atoms with E-state index >= 15 is 0 Å². The van der Waals surface area contributed by atoms with Crippen molar-refractivity contribution in [3.8, 4) is 0 Å². The fourth-order valence-corrected chi connectivity index (χ4v) is 2.75. The van der Waals surface area contributed by atoms with Crippen molar-refractivity contribution in [1.29, 1.82) is 0 Å². The maximum absolute atomic E-state index is 12.6. The smallest absolute Gasteiger partial charge is 0.305 e. The van der Waals surface area contributed by atoms with E-state index < -0.39 is 18.1 Å². The number of fused-ring (bicyclic) bond motifs is 1. The minimum Gasteiger partial charge on any atom is -0.430 e. The summed E-state index contributed by atoms with van der Waals surface area (Å²) >= 11 is 6.14. The van der Waals surface area contributed by atoms with Crippen LogP contribution in [-0.2, 0) is 14.3 Å². The second-order valence-corrected chi connectivity index (χ2v) is 5.80. The molecular formula is C18H15ClN2O3. The van der Waals surface area contributed by atoms with Gasteiger partial charge in [0.25, 0.3) is 12.1 Å². The Morgan fingerprint density at radius 3 is 2.58 bits per heavy atom. The van der Waals surface area contributed by atoms with Gasteiger partial charge in [-0.25, -0.2) is 4.99 Å². The van der Waals surface area contributed by atoms with E-state index in [-0.39, 0.29) is 0 Å². The minimum atomic E-state index is -1.23. The van der Waals surface area contributed by atoms with Gasteiger partial charge in [0.15, 0.2) is 0 Å². The molecule has 0 bridgehead atoms. The van der Waals surface area contributed by atoms with Crippen molar-refractivity contribution in [1.82, 2.24) is 0 Å². The highest BCUT2D eigenvalue weighted by atomic mass is 35.5. The summed E-state index contributed by atoms with van der Waals surface area (Å²) in [5.74, 6) is -0.985. The number of amides is 1. The maximum atomic E-state index is 12.6. The molecule has 0 N–H and O–H groups in total. The number of esters is 1. The van der Waals surface area contributed by atoms with Gasteiger partial charge in [0, 0.05) is 30.1 Å². The van der Waals surface area contributed by atoms with E-state index in [0.29, 0.717) is 22.0 Å². The summed E-state index contributed by atoms with van der Waals surface area (Å²) in [6.07, 6.45) is -1.23. The lowest BCUT2D eigenvalue weighted by molar-refractivity contribution is -0.152. The van der Waals surface area contributed by atoms with E-state index in [1.165, 1.54) is 11.8 Å². The molecule has 3 rings (SSSR count). The molecule has 2 aromatic rings. The number of carbonyl (C=O) groups excluding carboxylic acids is 2. The van der Waals surface area contributed by atoms with Crippen LogP contribution in [0.3, 0.4) is 0 Å². The van der Waals surface area contributed by atoms with Crippen LogP contribution in [0.25, 0.3) is 0 Å². The molecule has 122 valence electrons. The number of rotatable bonds is 2. The van der Waals surface area contributed by atoms with Gasteiger partial charge >= 0.3 is 5.97 Å². The number of hydrogen-bond acceptors (Lipinski definition) is 4. The van der Waals surface area contributed by atoms with E-state index in [4.69, 9.17) is 16.3 Å². The maximum Gasteiger partial charge on any atom is 0.305 e. The van der Waals surface area contributed by atoms with Gasteiger partial charge in [-0.05, 0) is 18.2 Å². The van der Waals surface area contributed by atoms with Crippen LogP contribution in [0.5, 0.6) is 0 Å². The topological polar surface area (TPSA) is 59.0 Å². The second-order valence-electron chi connectivity index (χ2n) is 5.36. The van der Waals surface area contributed by atoms with Crippen LogP contribution in [0.15, 0.2) is 53.5 Å². The predicted molar refractivity (Wildman–Crippen MR) is 92.5 cm³/mol. The van der Waals surface area contributed by atoms with E-state index in [1.807, 2.05) is 30.3 Å². The number of anilines is 1. The molecular weight excluding hydrogens is 328 g/mol. The number of ether oxygens (including phenoxy) is 1. The largest absolute Gasteiger partial charge is 0.430 e. The molecule has 0 unspecified atom stereocenters. The third-order valence-electron chi connectivity index (χ3n) is 3.69. The quantitative estimate of drug-likeness (QED) is 0.788. The summed E-state index contributed by atoms with van der Waals surface area (Å²) in [6.45, 7) is 1.25. The summed E-state index contributed by atoms with van der Waals surface area (Å²) in [5, 5.41) is 0.532. The van der Waals surface area contributed by atoms with Crippen LogP contribution in [0, 0.1) is 0 Å². The zero-order valence-corrected chi connectivity index (χ0v) is 13.9. The first kappa shape index (κ1) is 16.2. The van der Waals surface area contributed by atoms with E-state index in [0.717, 1.165) is 5.56 Å². The lowest BCUT2D eigenvalue weighted by Crippen LogP contribution is -2.37. The average molecular weight is 343 g/mol. The Labute approximate surface area is 144 Å². The van der Waals surface area contributed by atoms with Crippen molar-refractivity contribution in [3.05, 3.63) is 64.7 Å². The summed E-state index contributed by atoms with van der Waals surface area (Å²) in [4.78, 5) is 29.8. The molecule has 0 radical (unpaired) electrons.